The molecule has 2 N–H and O–H groups in total. The number of hydrogen-bond donors (Lipinski definition) is 1. The molecule has 0 aliphatic carbocycles. The predicted molar refractivity (Wildman–Crippen MR) is 45.2 cm³/mol. The van der Waals surface area contributed by atoms with Gasteiger partial charge in [-0.1, -0.05) is 12.1 Å². The molecule has 1 rings (SSSR count). The number of nitrogens with two attached hydrogens (primary N) is 1. The molecule has 0 aromatic heterocycles. The third-order valence-corrected chi connectivity index (χ3v) is 1.64. The van der Waals surface area contributed by atoms with Gasteiger partial charge in [-0.2, -0.15) is 0 Å². The summed E-state index contributed by atoms with van der Waals surface area (Å²) >= 11 is 0. The first-order valence-corrected chi connectivity index (χ1v) is 3.72. The van der Waals surface area contributed by atoms with E-state index in [0.29, 0.717) is 5.56 Å². The SMILES string of the molecule is NC(C[N+](=O)[O-])c1ccc(F)cc1. The average Bonchev–Trinajstić information content (AvgIpc) is 2.04. The molecule has 0 radical (unpaired) electrons. The highest BCUT2D eigenvalue weighted by atomic mass is 19.1. The zero-order valence-corrected chi connectivity index (χ0v) is 6.81. The van der Waals surface area contributed by atoms with E-state index >= 15 is 0 Å². The van der Waals surface area contributed by atoms with Crippen molar-refractivity contribution >= 4 is 0 Å². The molecule has 5 heteroatoms. The lowest BCUT2D eigenvalue weighted by Gasteiger charge is -2.05. The maximum Gasteiger partial charge on any atom is 0.222 e. The van der Waals surface area contributed by atoms with Crippen LogP contribution in [-0.2, 0) is 0 Å². The third kappa shape index (κ3) is 2.79. The van der Waals surface area contributed by atoms with Gasteiger partial charge in [0.25, 0.3) is 0 Å². The summed E-state index contributed by atoms with van der Waals surface area (Å²) in [7, 11) is 0. The maximum absolute atomic E-state index is 12.4. The minimum absolute atomic E-state index is 0.342. The average molecular weight is 184 g/mol. The van der Waals surface area contributed by atoms with E-state index in [1.165, 1.54) is 24.3 Å². The molecular formula is C8H9FN2O2. The Morgan fingerprint density at radius 3 is 2.46 bits per heavy atom. The van der Waals surface area contributed by atoms with E-state index in [-0.39, 0.29) is 12.4 Å². The van der Waals surface area contributed by atoms with Crippen molar-refractivity contribution in [1.82, 2.24) is 0 Å². The van der Waals surface area contributed by atoms with Crippen LogP contribution in [0.2, 0.25) is 0 Å². The van der Waals surface area contributed by atoms with Crippen molar-refractivity contribution in [3.63, 3.8) is 0 Å². The molecule has 70 valence electrons. The summed E-state index contributed by atoms with van der Waals surface area (Å²) in [5.74, 6) is -0.378. The Kier molecular flexibility index (Phi) is 2.92. The number of nitro groups is 1. The van der Waals surface area contributed by atoms with Gasteiger partial charge in [-0.05, 0) is 17.7 Å². The van der Waals surface area contributed by atoms with Crippen LogP contribution in [0.3, 0.4) is 0 Å². The fourth-order valence-electron chi connectivity index (χ4n) is 0.976. The minimum Gasteiger partial charge on any atom is -0.319 e. The molecule has 0 fully saturated rings. The minimum atomic E-state index is -0.671. The van der Waals surface area contributed by atoms with Gasteiger partial charge in [0.05, 0.1) is 6.04 Å². The van der Waals surface area contributed by atoms with Crippen LogP contribution >= 0.6 is 0 Å². The van der Waals surface area contributed by atoms with Gasteiger partial charge in [-0.15, -0.1) is 0 Å². The smallest absolute Gasteiger partial charge is 0.222 e. The van der Waals surface area contributed by atoms with Gasteiger partial charge in [-0.25, -0.2) is 4.39 Å². The Bertz CT molecular complexity index is 300. The summed E-state index contributed by atoms with van der Waals surface area (Å²) in [6.45, 7) is -0.342. The third-order valence-electron chi connectivity index (χ3n) is 1.64. The summed E-state index contributed by atoms with van der Waals surface area (Å²) < 4.78 is 12.4. The van der Waals surface area contributed by atoms with Crippen molar-refractivity contribution in [2.45, 2.75) is 6.04 Å². The standard InChI is InChI=1S/C8H9FN2O2/c9-7-3-1-6(2-4-7)8(10)5-11(12)13/h1-4,8H,5,10H2. The number of hydrogen-bond acceptors (Lipinski definition) is 3. The van der Waals surface area contributed by atoms with E-state index in [1.54, 1.807) is 0 Å². The van der Waals surface area contributed by atoms with Crippen LogP contribution in [0.5, 0.6) is 0 Å². The van der Waals surface area contributed by atoms with Crippen LogP contribution in [0.25, 0.3) is 0 Å². The van der Waals surface area contributed by atoms with Gasteiger partial charge >= 0.3 is 0 Å². The van der Waals surface area contributed by atoms with Gasteiger partial charge < -0.3 is 5.73 Å². The Labute approximate surface area is 74.3 Å². The lowest BCUT2D eigenvalue weighted by molar-refractivity contribution is -0.483. The number of rotatable bonds is 3. The Morgan fingerprint density at radius 2 is 2.00 bits per heavy atom. The largest absolute Gasteiger partial charge is 0.319 e. The topological polar surface area (TPSA) is 69.2 Å². The van der Waals surface area contributed by atoms with Crippen molar-refractivity contribution < 1.29 is 9.31 Å². The molecule has 13 heavy (non-hydrogen) atoms. The van der Waals surface area contributed by atoms with Crippen LogP contribution in [0.1, 0.15) is 11.6 Å². The second kappa shape index (κ2) is 3.95. The maximum atomic E-state index is 12.4. The Hall–Kier alpha value is -1.49. The van der Waals surface area contributed by atoms with Gasteiger partial charge in [0.15, 0.2) is 0 Å². The normalized spacial score (nSPS) is 12.5. The van der Waals surface area contributed by atoms with Crippen LogP contribution in [0.15, 0.2) is 24.3 Å². The first-order valence-electron chi connectivity index (χ1n) is 3.72. The van der Waals surface area contributed by atoms with Crippen molar-refractivity contribution in [1.29, 1.82) is 0 Å². The van der Waals surface area contributed by atoms with Crippen LogP contribution in [-0.4, -0.2) is 11.5 Å². The number of halogens is 1. The van der Waals surface area contributed by atoms with E-state index in [2.05, 4.69) is 0 Å². The van der Waals surface area contributed by atoms with E-state index < -0.39 is 11.0 Å². The van der Waals surface area contributed by atoms with Crippen LogP contribution in [0, 0.1) is 15.9 Å². The molecule has 4 nitrogen and oxygen atoms in total. The molecule has 0 saturated heterocycles. The zero-order valence-electron chi connectivity index (χ0n) is 6.81. The predicted octanol–water partition coefficient (Wildman–Crippen LogP) is 1.10. The summed E-state index contributed by atoms with van der Waals surface area (Å²) in [4.78, 5) is 9.61. The van der Waals surface area contributed by atoms with E-state index in [9.17, 15) is 14.5 Å². The molecule has 0 aliphatic rings. The highest BCUT2D eigenvalue weighted by Crippen LogP contribution is 2.10. The van der Waals surface area contributed by atoms with Crippen molar-refractivity contribution in [3.05, 3.63) is 45.8 Å². The van der Waals surface area contributed by atoms with Crippen molar-refractivity contribution in [2.75, 3.05) is 6.54 Å². The van der Waals surface area contributed by atoms with Crippen LogP contribution < -0.4 is 5.73 Å². The van der Waals surface area contributed by atoms with Crippen molar-refractivity contribution in [2.24, 2.45) is 5.73 Å². The molecular weight excluding hydrogens is 175 g/mol. The van der Waals surface area contributed by atoms with E-state index in [0.717, 1.165) is 0 Å². The summed E-state index contributed by atoms with van der Waals surface area (Å²) in [5, 5.41) is 10.1. The first-order chi connectivity index (χ1) is 6.09. The Balaban J connectivity index is 2.71. The zero-order chi connectivity index (χ0) is 9.84. The fraction of sp³-hybridized carbons (Fsp3) is 0.250. The molecule has 0 spiro atoms. The molecule has 1 aromatic carbocycles. The summed E-state index contributed by atoms with van der Waals surface area (Å²) in [6, 6.07) is 4.69. The molecule has 1 aromatic rings. The molecule has 0 aliphatic heterocycles. The van der Waals surface area contributed by atoms with Gasteiger partial charge in [0.2, 0.25) is 6.54 Å². The number of benzene rings is 1. The monoisotopic (exact) mass is 184 g/mol. The molecule has 0 saturated carbocycles. The lowest BCUT2D eigenvalue weighted by Crippen LogP contribution is -2.20. The molecule has 0 heterocycles. The van der Waals surface area contributed by atoms with Crippen LogP contribution in [0.4, 0.5) is 4.39 Å². The Morgan fingerprint density at radius 1 is 1.46 bits per heavy atom. The lowest BCUT2D eigenvalue weighted by atomic mass is 10.1. The van der Waals surface area contributed by atoms with Gasteiger partial charge in [-0.3, -0.25) is 10.1 Å². The molecule has 0 amide bonds. The second-order valence-electron chi connectivity index (χ2n) is 2.67. The highest BCUT2D eigenvalue weighted by molar-refractivity contribution is 5.19. The molecule has 0 bridgehead atoms. The number of nitrogens with zero attached hydrogens (tertiary/aromatic N) is 1. The summed E-state index contributed by atoms with van der Waals surface area (Å²) in [6.07, 6.45) is 0. The van der Waals surface area contributed by atoms with E-state index in [4.69, 9.17) is 5.73 Å². The summed E-state index contributed by atoms with van der Waals surface area (Å²) in [5.41, 5.74) is 6.05. The van der Waals surface area contributed by atoms with Crippen molar-refractivity contribution in [3.8, 4) is 0 Å². The van der Waals surface area contributed by atoms with E-state index in [1.807, 2.05) is 0 Å². The molecule has 1 unspecified atom stereocenters. The molecule has 1 atom stereocenters. The first kappa shape index (κ1) is 9.60. The fourth-order valence-corrected chi connectivity index (χ4v) is 0.976. The second-order valence-corrected chi connectivity index (χ2v) is 2.67. The highest BCUT2D eigenvalue weighted by Gasteiger charge is 2.11. The van der Waals surface area contributed by atoms with Gasteiger partial charge in [0, 0.05) is 4.92 Å². The van der Waals surface area contributed by atoms with Gasteiger partial charge in [0.1, 0.15) is 5.82 Å². The quantitative estimate of drug-likeness (QED) is 0.565.